The first-order valence-corrected chi connectivity index (χ1v) is 7.85. The fraction of sp³-hybridized carbons (Fsp3) is 0.800. The number of nitrogens with one attached hydrogen (secondary N) is 3. The Hall–Kier alpha value is -1.99. The van der Waals surface area contributed by atoms with Crippen LogP contribution in [-0.4, -0.2) is 49.9 Å². The third-order valence-electron chi connectivity index (χ3n) is 2.76. The summed E-state index contributed by atoms with van der Waals surface area (Å²) in [6.45, 7) is 7.62. The molecule has 0 aromatic rings. The van der Waals surface area contributed by atoms with Gasteiger partial charge in [-0.05, 0) is 47.0 Å². The molecule has 0 saturated heterocycles. The Bertz CT molecular complexity index is 385. The average molecular weight is 331 g/mol. The van der Waals surface area contributed by atoms with E-state index in [9.17, 15) is 14.4 Å². The monoisotopic (exact) mass is 331 g/mol. The molecule has 1 atom stereocenters. The summed E-state index contributed by atoms with van der Waals surface area (Å²) in [5, 5.41) is 7.91. The maximum absolute atomic E-state index is 12.1. The summed E-state index contributed by atoms with van der Waals surface area (Å²) < 4.78 is 9.47. The van der Waals surface area contributed by atoms with Crippen LogP contribution in [0.15, 0.2) is 0 Å². The van der Waals surface area contributed by atoms with Crippen LogP contribution < -0.4 is 16.0 Å². The van der Waals surface area contributed by atoms with Crippen LogP contribution in [0.5, 0.6) is 0 Å². The number of hydrogen-bond donors (Lipinski definition) is 3. The van der Waals surface area contributed by atoms with Crippen LogP contribution in [0.4, 0.5) is 9.59 Å². The molecule has 3 N–H and O–H groups in total. The van der Waals surface area contributed by atoms with E-state index in [0.717, 1.165) is 0 Å². The summed E-state index contributed by atoms with van der Waals surface area (Å²) in [6, 6.07) is -0.685. The van der Waals surface area contributed by atoms with E-state index in [0.29, 0.717) is 25.8 Å². The zero-order valence-electron chi connectivity index (χ0n) is 14.6. The number of methoxy groups -OCH3 is 1. The molecule has 3 amide bonds. The average Bonchev–Trinajstić information content (AvgIpc) is 2.43. The van der Waals surface area contributed by atoms with Gasteiger partial charge in [-0.2, -0.15) is 0 Å². The standard InChI is InChI=1S/C15H29N3O5/c1-10(2)17-13(19)12(18-15(21)23-11(3)4)8-6-7-9-16-14(20)22-5/h10-12H,6-9H2,1-5H3,(H,16,20)(H,17,19)(H,18,21). The summed E-state index contributed by atoms with van der Waals surface area (Å²) in [5.74, 6) is -0.248. The van der Waals surface area contributed by atoms with Gasteiger partial charge in [-0.25, -0.2) is 9.59 Å². The van der Waals surface area contributed by atoms with Gasteiger partial charge in [-0.3, -0.25) is 4.79 Å². The van der Waals surface area contributed by atoms with Gasteiger partial charge >= 0.3 is 12.2 Å². The lowest BCUT2D eigenvalue weighted by Crippen LogP contribution is -2.49. The Labute approximate surface area is 137 Å². The second-order valence-corrected chi connectivity index (χ2v) is 5.73. The second-order valence-electron chi connectivity index (χ2n) is 5.73. The van der Waals surface area contributed by atoms with Crippen molar-refractivity contribution in [2.24, 2.45) is 0 Å². The summed E-state index contributed by atoms with van der Waals surface area (Å²) in [6.07, 6.45) is 0.417. The van der Waals surface area contributed by atoms with Crippen molar-refractivity contribution in [1.82, 2.24) is 16.0 Å². The van der Waals surface area contributed by atoms with Crippen molar-refractivity contribution in [3.05, 3.63) is 0 Å². The maximum Gasteiger partial charge on any atom is 0.408 e. The number of ether oxygens (including phenoxy) is 2. The van der Waals surface area contributed by atoms with Crippen molar-refractivity contribution in [1.29, 1.82) is 0 Å². The lowest BCUT2D eigenvalue weighted by molar-refractivity contribution is -0.123. The molecule has 0 radical (unpaired) electrons. The van der Waals surface area contributed by atoms with E-state index < -0.39 is 18.2 Å². The molecule has 0 rings (SSSR count). The minimum Gasteiger partial charge on any atom is -0.453 e. The van der Waals surface area contributed by atoms with Gasteiger partial charge in [0.2, 0.25) is 5.91 Å². The van der Waals surface area contributed by atoms with Gasteiger partial charge < -0.3 is 25.4 Å². The largest absolute Gasteiger partial charge is 0.453 e. The number of amides is 3. The van der Waals surface area contributed by atoms with Crippen LogP contribution in [0.1, 0.15) is 47.0 Å². The summed E-state index contributed by atoms with van der Waals surface area (Å²) >= 11 is 0. The van der Waals surface area contributed by atoms with Crippen LogP contribution in [0.25, 0.3) is 0 Å². The van der Waals surface area contributed by atoms with Crippen molar-refractivity contribution in [2.45, 2.75) is 65.1 Å². The van der Waals surface area contributed by atoms with Crippen molar-refractivity contribution < 1.29 is 23.9 Å². The van der Waals surface area contributed by atoms with Gasteiger partial charge in [0.15, 0.2) is 0 Å². The van der Waals surface area contributed by atoms with E-state index >= 15 is 0 Å². The molecule has 0 aromatic heterocycles. The van der Waals surface area contributed by atoms with Crippen LogP contribution in [0.2, 0.25) is 0 Å². The number of unbranched alkanes of at least 4 members (excludes halogenated alkanes) is 1. The highest BCUT2D eigenvalue weighted by molar-refractivity contribution is 5.85. The predicted molar refractivity (Wildman–Crippen MR) is 86.1 cm³/mol. The van der Waals surface area contributed by atoms with E-state index in [4.69, 9.17) is 4.74 Å². The molecule has 0 aliphatic carbocycles. The first kappa shape index (κ1) is 21.0. The van der Waals surface area contributed by atoms with Crippen LogP contribution >= 0.6 is 0 Å². The Morgan fingerprint density at radius 3 is 2.13 bits per heavy atom. The van der Waals surface area contributed by atoms with E-state index in [1.165, 1.54) is 7.11 Å². The zero-order valence-corrected chi connectivity index (χ0v) is 14.6. The number of hydrogen-bond acceptors (Lipinski definition) is 5. The fourth-order valence-electron chi connectivity index (χ4n) is 1.78. The van der Waals surface area contributed by atoms with Crippen molar-refractivity contribution in [3.63, 3.8) is 0 Å². The molecular weight excluding hydrogens is 302 g/mol. The van der Waals surface area contributed by atoms with Gasteiger partial charge in [0, 0.05) is 12.6 Å². The van der Waals surface area contributed by atoms with Gasteiger partial charge in [-0.15, -0.1) is 0 Å². The molecule has 0 aromatic carbocycles. The SMILES string of the molecule is COC(=O)NCCCCC(NC(=O)OC(C)C)C(=O)NC(C)C. The quantitative estimate of drug-likeness (QED) is 0.556. The highest BCUT2D eigenvalue weighted by Gasteiger charge is 2.22. The molecular formula is C15H29N3O5. The predicted octanol–water partition coefficient (Wildman–Crippen LogP) is 1.54. The molecule has 1 unspecified atom stereocenters. The van der Waals surface area contributed by atoms with Gasteiger partial charge in [-0.1, -0.05) is 0 Å². The Morgan fingerprint density at radius 1 is 0.957 bits per heavy atom. The Kier molecular flexibility index (Phi) is 10.6. The summed E-state index contributed by atoms with van der Waals surface area (Å²) in [5.41, 5.74) is 0. The van der Waals surface area contributed by atoms with E-state index in [-0.39, 0.29) is 18.1 Å². The molecule has 23 heavy (non-hydrogen) atoms. The molecule has 0 aliphatic rings. The van der Waals surface area contributed by atoms with Crippen LogP contribution in [0, 0.1) is 0 Å². The van der Waals surface area contributed by atoms with Gasteiger partial charge in [0.25, 0.3) is 0 Å². The lowest BCUT2D eigenvalue weighted by Gasteiger charge is -2.20. The molecule has 0 saturated carbocycles. The van der Waals surface area contributed by atoms with Crippen molar-refractivity contribution >= 4 is 18.1 Å². The molecule has 0 aliphatic heterocycles. The Balaban J connectivity index is 4.34. The topological polar surface area (TPSA) is 106 Å². The minimum absolute atomic E-state index is 0.0195. The Morgan fingerprint density at radius 2 is 1.61 bits per heavy atom. The number of carbonyl (C=O) groups excluding carboxylic acids is 3. The number of carbonyl (C=O) groups is 3. The van der Waals surface area contributed by atoms with Crippen molar-refractivity contribution in [3.8, 4) is 0 Å². The number of rotatable bonds is 9. The molecule has 134 valence electrons. The molecule has 0 heterocycles. The second kappa shape index (κ2) is 11.6. The third kappa shape index (κ3) is 11.3. The first-order chi connectivity index (χ1) is 10.8. The highest BCUT2D eigenvalue weighted by Crippen LogP contribution is 2.03. The smallest absolute Gasteiger partial charge is 0.408 e. The molecule has 0 spiro atoms. The molecule has 8 nitrogen and oxygen atoms in total. The van der Waals surface area contributed by atoms with Crippen LogP contribution in [0.3, 0.4) is 0 Å². The summed E-state index contributed by atoms with van der Waals surface area (Å²) in [7, 11) is 1.30. The summed E-state index contributed by atoms with van der Waals surface area (Å²) in [4.78, 5) is 34.7. The van der Waals surface area contributed by atoms with Crippen molar-refractivity contribution in [2.75, 3.05) is 13.7 Å². The third-order valence-corrected chi connectivity index (χ3v) is 2.76. The molecule has 0 fully saturated rings. The van der Waals surface area contributed by atoms with E-state index in [1.807, 2.05) is 13.8 Å². The molecule has 0 bridgehead atoms. The number of alkyl carbamates (subject to hydrolysis) is 2. The highest BCUT2D eigenvalue weighted by atomic mass is 16.6. The van der Waals surface area contributed by atoms with Gasteiger partial charge in [0.1, 0.15) is 6.04 Å². The van der Waals surface area contributed by atoms with Gasteiger partial charge in [0.05, 0.1) is 13.2 Å². The maximum atomic E-state index is 12.1. The lowest BCUT2D eigenvalue weighted by atomic mass is 10.1. The normalized spacial score (nSPS) is 11.8. The van der Waals surface area contributed by atoms with Crippen LogP contribution in [-0.2, 0) is 14.3 Å². The zero-order chi connectivity index (χ0) is 17.8. The first-order valence-electron chi connectivity index (χ1n) is 7.85. The fourth-order valence-corrected chi connectivity index (χ4v) is 1.78. The van der Waals surface area contributed by atoms with E-state index in [2.05, 4.69) is 20.7 Å². The van der Waals surface area contributed by atoms with E-state index in [1.54, 1.807) is 13.8 Å². The molecule has 8 heteroatoms. The minimum atomic E-state index is -0.665.